The van der Waals surface area contributed by atoms with Gasteiger partial charge in [-0.2, -0.15) is 0 Å². The number of aliphatic hydroxyl groups is 2. The maximum absolute atomic E-state index is 12.6. The van der Waals surface area contributed by atoms with Gasteiger partial charge in [-0.15, -0.1) is 0 Å². The highest BCUT2D eigenvalue weighted by Crippen LogP contribution is 2.20. The van der Waals surface area contributed by atoms with Crippen LogP contribution in [0.5, 0.6) is 0 Å². The van der Waals surface area contributed by atoms with Gasteiger partial charge in [-0.25, -0.2) is 0 Å². The maximum atomic E-state index is 12.6. The van der Waals surface area contributed by atoms with Crippen molar-refractivity contribution in [2.45, 2.75) is 450 Å². The van der Waals surface area contributed by atoms with Crippen LogP contribution < -0.4 is 5.32 Å². The maximum Gasteiger partial charge on any atom is 0.305 e. The second-order valence-electron chi connectivity index (χ2n) is 26.3. The van der Waals surface area contributed by atoms with Crippen molar-refractivity contribution in [2.75, 3.05) is 13.2 Å². The van der Waals surface area contributed by atoms with E-state index in [2.05, 4.69) is 31.3 Å². The zero-order chi connectivity index (χ0) is 59.2. The SMILES string of the molecule is CCCCCC/C=C\CCCCCCCC(=O)OCCCCCCCCCCCCCCCCCCCCCCCCCCCCCCC(=O)NC(CO)C(O)CCCCCCCCCCCCCCCCCCCCCCCCCC. The number of rotatable bonds is 72. The number of aliphatic hydroxyl groups excluding tert-OH is 2. The fourth-order valence-electron chi connectivity index (χ4n) is 12.3. The van der Waals surface area contributed by atoms with Crippen LogP contribution in [0.3, 0.4) is 0 Å². The molecule has 0 aromatic heterocycles. The molecule has 0 spiro atoms. The van der Waals surface area contributed by atoms with Gasteiger partial charge in [0, 0.05) is 12.8 Å². The van der Waals surface area contributed by atoms with Crippen molar-refractivity contribution in [3.63, 3.8) is 0 Å². The lowest BCUT2D eigenvalue weighted by Crippen LogP contribution is -2.45. The Labute approximate surface area is 514 Å². The fraction of sp³-hybridized carbons (Fsp3) is 0.947. The molecule has 1 amide bonds. The summed E-state index contributed by atoms with van der Waals surface area (Å²) >= 11 is 0. The molecular weight excluding hydrogens is 1010 g/mol. The number of allylic oxidation sites excluding steroid dienone is 2. The van der Waals surface area contributed by atoms with Gasteiger partial charge in [-0.3, -0.25) is 9.59 Å². The summed E-state index contributed by atoms with van der Waals surface area (Å²) in [4.78, 5) is 24.6. The third-order valence-corrected chi connectivity index (χ3v) is 18.1. The molecule has 0 aliphatic carbocycles. The first kappa shape index (κ1) is 80.6. The predicted octanol–water partition coefficient (Wildman–Crippen LogP) is 24.7. The Morgan fingerprint density at radius 2 is 0.573 bits per heavy atom. The van der Waals surface area contributed by atoms with Crippen LogP contribution in [-0.2, 0) is 14.3 Å². The molecule has 0 aliphatic rings. The number of amides is 1. The summed E-state index contributed by atoms with van der Waals surface area (Å²) in [6, 6.07) is -0.540. The molecular formula is C76H149NO5. The Kier molecular flexibility index (Phi) is 70.8. The molecule has 0 saturated heterocycles. The number of ether oxygens (including phenoxy) is 1. The van der Waals surface area contributed by atoms with Crippen LogP contribution in [0.1, 0.15) is 438 Å². The highest BCUT2D eigenvalue weighted by Gasteiger charge is 2.20. The molecule has 3 N–H and O–H groups in total. The van der Waals surface area contributed by atoms with Crippen molar-refractivity contribution in [2.24, 2.45) is 0 Å². The first-order valence-corrected chi connectivity index (χ1v) is 37.9. The third kappa shape index (κ3) is 67.7. The zero-order valence-corrected chi connectivity index (χ0v) is 56.0. The zero-order valence-electron chi connectivity index (χ0n) is 56.0. The van der Waals surface area contributed by atoms with Crippen molar-refractivity contribution in [1.82, 2.24) is 5.32 Å². The van der Waals surface area contributed by atoms with E-state index in [1.165, 1.54) is 360 Å². The molecule has 82 heavy (non-hydrogen) atoms. The molecule has 0 aromatic rings. The Morgan fingerprint density at radius 3 is 0.878 bits per heavy atom. The van der Waals surface area contributed by atoms with Crippen molar-refractivity contribution >= 4 is 11.9 Å². The Hall–Kier alpha value is -1.40. The molecule has 2 atom stereocenters. The van der Waals surface area contributed by atoms with Gasteiger partial charge in [0.2, 0.25) is 5.91 Å². The minimum absolute atomic E-state index is 0.0107. The minimum Gasteiger partial charge on any atom is -0.466 e. The Morgan fingerprint density at radius 1 is 0.329 bits per heavy atom. The van der Waals surface area contributed by atoms with Crippen LogP contribution in [0.4, 0.5) is 0 Å². The Bertz CT molecular complexity index is 1240. The van der Waals surface area contributed by atoms with E-state index >= 15 is 0 Å². The number of nitrogens with one attached hydrogen (secondary N) is 1. The molecule has 6 nitrogen and oxygen atoms in total. The van der Waals surface area contributed by atoms with Gasteiger partial charge in [0.15, 0.2) is 0 Å². The van der Waals surface area contributed by atoms with Crippen LogP contribution in [0, 0.1) is 0 Å². The lowest BCUT2D eigenvalue weighted by molar-refractivity contribution is -0.143. The van der Waals surface area contributed by atoms with E-state index in [0.717, 1.165) is 44.9 Å². The molecule has 0 rings (SSSR count). The summed E-state index contributed by atoms with van der Waals surface area (Å²) in [6.45, 7) is 4.99. The van der Waals surface area contributed by atoms with Crippen LogP contribution in [-0.4, -0.2) is 47.4 Å². The second-order valence-corrected chi connectivity index (χ2v) is 26.3. The smallest absolute Gasteiger partial charge is 0.305 e. The van der Waals surface area contributed by atoms with E-state index in [9.17, 15) is 19.8 Å². The standard InChI is InChI=1S/C76H149NO5/c1-3-5-7-9-11-13-15-17-18-19-20-21-22-29-32-35-38-41-45-48-52-56-60-64-68-74(79)73(72-78)77-75(80)69-65-61-57-53-49-46-42-39-36-33-30-27-25-23-24-26-28-31-34-37-40-43-47-51-55-59-63-67-71-82-76(81)70-66-62-58-54-50-44-16-14-12-10-8-6-4-2/h14,16,73-74,78-79H,3-13,15,17-72H2,1-2H3,(H,77,80)/b16-14-. The largest absolute Gasteiger partial charge is 0.466 e. The highest BCUT2D eigenvalue weighted by atomic mass is 16.5. The van der Waals surface area contributed by atoms with Gasteiger partial charge < -0.3 is 20.3 Å². The normalized spacial score (nSPS) is 12.5. The minimum atomic E-state index is -0.663. The summed E-state index contributed by atoms with van der Waals surface area (Å²) in [7, 11) is 0. The number of carbonyl (C=O) groups excluding carboxylic acids is 2. The second kappa shape index (κ2) is 72.1. The summed E-state index contributed by atoms with van der Waals surface area (Å²) in [6.07, 6.45) is 90.0. The Balaban J connectivity index is 3.35. The van der Waals surface area contributed by atoms with E-state index in [1.54, 1.807) is 0 Å². The van der Waals surface area contributed by atoms with Gasteiger partial charge >= 0.3 is 5.97 Å². The van der Waals surface area contributed by atoms with E-state index in [0.29, 0.717) is 25.9 Å². The van der Waals surface area contributed by atoms with Crippen LogP contribution in [0.2, 0.25) is 0 Å². The fourth-order valence-corrected chi connectivity index (χ4v) is 12.3. The van der Waals surface area contributed by atoms with Crippen molar-refractivity contribution < 1.29 is 24.5 Å². The van der Waals surface area contributed by atoms with E-state index < -0.39 is 12.1 Å². The quantitative estimate of drug-likeness (QED) is 0.0320. The van der Waals surface area contributed by atoms with Crippen LogP contribution in [0.25, 0.3) is 0 Å². The highest BCUT2D eigenvalue weighted by molar-refractivity contribution is 5.76. The lowest BCUT2D eigenvalue weighted by Gasteiger charge is -2.22. The lowest BCUT2D eigenvalue weighted by atomic mass is 10.0. The molecule has 488 valence electrons. The molecule has 0 heterocycles. The van der Waals surface area contributed by atoms with Gasteiger partial charge in [0.05, 0.1) is 25.4 Å². The molecule has 0 radical (unpaired) electrons. The number of hydrogen-bond acceptors (Lipinski definition) is 5. The first-order valence-electron chi connectivity index (χ1n) is 37.9. The van der Waals surface area contributed by atoms with E-state index in [4.69, 9.17) is 4.74 Å². The molecule has 0 aromatic carbocycles. The summed E-state index contributed by atoms with van der Waals surface area (Å²) in [5.74, 6) is -0.0153. The topological polar surface area (TPSA) is 95.9 Å². The summed E-state index contributed by atoms with van der Waals surface area (Å²) in [5.41, 5.74) is 0. The van der Waals surface area contributed by atoms with E-state index in [1.807, 2.05) is 0 Å². The van der Waals surface area contributed by atoms with Crippen molar-refractivity contribution in [3.8, 4) is 0 Å². The predicted molar refractivity (Wildman–Crippen MR) is 361 cm³/mol. The number of hydrogen-bond donors (Lipinski definition) is 3. The van der Waals surface area contributed by atoms with Crippen molar-refractivity contribution in [3.05, 3.63) is 12.2 Å². The van der Waals surface area contributed by atoms with Gasteiger partial charge in [0.1, 0.15) is 0 Å². The monoisotopic (exact) mass is 1160 g/mol. The molecule has 2 unspecified atom stereocenters. The van der Waals surface area contributed by atoms with Gasteiger partial charge in [0.25, 0.3) is 0 Å². The molecule has 0 bridgehead atoms. The number of unbranched alkanes of at least 4 members (excludes halogenated alkanes) is 59. The molecule has 0 saturated carbocycles. The van der Waals surface area contributed by atoms with Crippen LogP contribution >= 0.6 is 0 Å². The molecule has 6 heteroatoms. The number of carbonyl (C=O) groups is 2. The van der Waals surface area contributed by atoms with E-state index in [-0.39, 0.29) is 18.5 Å². The average molecular weight is 1160 g/mol. The van der Waals surface area contributed by atoms with Crippen molar-refractivity contribution in [1.29, 1.82) is 0 Å². The summed E-state index contributed by atoms with van der Waals surface area (Å²) < 4.78 is 5.49. The third-order valence-electron chi connectivity index (χ3n) is 18.1. The first-order chi connectivity index (χ1) is 40.5. The number of esters is 1. The molecule has 0 fully saturated rings. The average Bonchev–Trinajstić information content (AvgIpc) is 3.48. The summed E-state index contributed by atoms with van der Waals surface area (Å²) in [5, 5.41) is 23.5. The van der Waals surface area contributed by atoms with Gasteiger partial charge in [-0.05, 0) is 51.4 Å². The molecule has 0 aliphatic heterocycles. The van der Waals surface area contributed by atoms with Crippen LogP contribution in [0.15, 0.2) is 12.2 Å². The van der Waals surface area contributed by atoms with Gasteiger partial charge in [-0.1, -0.05) is 386 Å².